The minimum Gasteiger partial charge on any atom is -0.400 e. The van der Waals surface area contributed by atoms with E-state index in [0.29, 0.717) is 5.15 Å². The Balaban J connectivity index is 0.00000121. The van der Waals surface area contributed by atoms with E-state index in [1.54, 1.807) is 12.3 Å². The van der Waals surface area contributed by atoms with Crippen LogP contribution >= 0.6 is 39.5 Å². The van der Waals surface area contributed by atoms with Crippen LogP contribution in [0.4, 0.5) is 0 Å². The van der Waals surface area contributed by atoms with Gasteiger partial charge < -0.3 is 5.11 Å². The van der Waals surface area contributed by atoms with Crippen molar-refractivity contribution in [2.24, 2.45) is 4.40 Å². The van der Waals surface area contributed by atoms with E-state index in [4.69, 9.17) is 16.7 Å². The topological polar surface area (TPSA) is 45.5 Å². The van der Waals surface area contributed by atoms with Crippen LogP contribution in [0.15, 0.2) is 21.0 Å². The zero-order valence-electron chi connectivity index (χ0n) is 10.2. The first-order valence-electron chi connectivity index (χ1n) is 4.86. The van der Waals surface area contributed by atoms with Crippen LogP contribution in [0.5, 0.6) is 0 Å². The molecule has 0 radical (unpaired) electrons. The van der Waals surface area contributed by atoms with Gasteiger partial charge >= 0.3 is 0 Å². The first-order chi connectivity index (χ1) is 7.87. The van der Waals surface area contributed by atoms with Crippen LogP contribution in [-0.4, -0.2) is 28.2 Å². The molecule has 0 spiro atoms. The standard InChI is InChI=1S/C10H12BrClN2S.CH4O/c1-10(2,3)15-13-6-8-4-7(11)5-9(12)14-8;1-2/h4-6H,1-3H3;2H,1H3/b13-6+;. The Morgan fingerprint density at radius 1 is 1.41 bits per heavy atom. The molecule has 0 aliphatic heterocycles. The highest BCUT2D eigenvalue weighted by atomic mass is 79.9. The van der Waals surface area contributed by atoms with Gasteiger partial charge in [-0.05, 0) is 44.9 Å². The quantitative estimate of drug-likeness (QED) is 0.504. The second-order valence-corrected chi connectivity index (χ2v) is 6.89. The highest BCUT2D eigenvalue weighted by molar-refractivity contribution is 9.10. The van der Waals surface area contributed by atoms with E-state index < -0.39 is 0 Å². The van der Waals surface area contributed by atoms with Crippen LogP contribution in [0.3, 0.4) is 0 Å². The summed E-state index contributed by atoms with van der Waals surface area (Å²) >= 11 is 10.7. The first kappa shape index (κ1) is 16.9. The van der Waals surface area contributed by atoms with Crippen LogP contribution in [0, 0.1) is 0 Å². The number of aromatic nitrogens is 1. The molecule has 3 nitrogen and oxygen atoms in total. The fourth-order valence-electron chi connectivity index (χ4n) is 0.789. The minimum absolute atomic E-state index is 0.117. The number of aliphatic hydroxyl groups excluding tert-OH is 1. The molecule has 6 heteroatoms. The van der Waals surface area contributed by atoms with E-state index >= 15 is 0 Å². The van der Waals surface area contributed by atoms with Crippen LogP contribution in [-0.2, 0) is 0 Å². The number of hydrogen-bond donors (Lipinski definition) is 1. The molecule has 0 aromatic carbocycles. The van der Waals surface area contributed by atoms with Crippen molar-refractivity contribution in [2.45, 2.75) is 25.5 Å². The molecule has 1 aromatic rings. The molecule has 1 rings (SSSR count). The molecule has 0 saturated heterocycles. The second-order valence-electron chi connectivity index (χ2n) is 3.97. The molecule has 1 N–H and O–H groups in total. The van der Waals surface area contributed by atoms with Crippen molar-refractivity contribution in [1.29, 1.82) is 0 Å². The predicted octanol–water partition coefficient (Wildman–Crippen LogP) is 3.97. The minimum atomic E-state index is 0.117. The van der Waals surface area contributed by atoms with Crippen molar-refractivity contribution in [2.75, 3.05) is 7.11 Å². The number of aliphatic hydroxyl groups is 1. The number of rotatable bonds is 2. The van der Waals surface area contributed by atoms with Crippen molar-refractivity contribution in [3.63, 3.8) is 0 Å². The lowest BCUT2D eigenvalue weighted by atomic mass is 10.3. The lowest BCUT2D eigenvalue weighted by molar-refractivity contribution is 0.399. The Bertz CT molecular complexity index is 360. The summed E-state index contributed by atoms with van der Waals surface area (Å²) < 4.78 is 5.27. The van der Waals surface area contributed by atoms with E-state index in [0.717, 1.165) is 17.3 Å². The highest BCUT2D eigenvalue weighted by Crippen LogP contribution is 2.24. The fourth-order valence-corrected chi connectivity index (χ4v) is 2.06. The summed E-state index contributed by atoms with van der Waals surface area (Å²) in [6, 6.07) is 3.62. The number of halogens is 2. The summed E-state index contributed by atoms with van der Waals surface area (Å²) in [5.74, 6) is 0. The summed E-state index contributed by atoms with van der Waals surface area (Å²) in [4.78, 5) is 4.13. The fraction of sp³-hybridized carbons (Fsp3) is 0.455. The largest absolute Gasteiger partial charge is 0.400 e. The molecule has 0 aliphatic carbocycles. The molecule has 0 bridgehead atoms. The third-order valence-corrected chi connectivity index (χ3v) is 2.70. The predicted molar refractivity (Wildman–Crippen MR) is 80.0 cm³/mol. The normalized spacial score (nSPS) is 11.2. The monoisotopic (exact) mass is 338 g/mol. The Hall–Kier alpha value is -0.100. The Kier molecular flexibility index (Phi) is 8.03. The van der Waals surface area contributed by atoms with Crippen LogP contribution in [0.1, 0.15) is 26.5 Å². The number of nitrogens with zero attached hydrogens (tertiary/aromatic N) is 2. The molecule has 0 aliphatic rings. The summed E-state index contributed by atoms with van der Waals surface area (Å²) in [5, 5.41) is 7.46. The summed E-state index contributed by atoms with van der Waals surface area (Å²) in [7, 11) is 1.00. The van der Waals surface area contributed by atoms with Crippen LogP contribution in [0.2, 0.25) is 5.15 Å². The van der Waals surface area contributed by atoms with E-state index in [9.17, 15) is 0 Å². The van der Waals surface area contributed by atoms with Gasteiger partial charge in [0, 0.05) is 16.3 Å². The molecule has 0 unspecified atom stereocenters. The molecule has 96 valence electrons. The lowest BCUT2D eigenvalue weighted by Crippen LogP contribution is -2.05. The lowest BCUT2D eigenvalue weighted by Gasteiger charge is -2.11. The van der Waals surface area contributed by atoms with Crippen molar-refractivity contribution in [3.05, 3.63) is 27.5 Å². The summed E-state index contributed by atoms with van der Waals surface area (Å²) in [6.07, 6.45) is 1.71. The van der Waals surface area contributed by atoms with Crippen molar-refractivity contribution in [3.8, 4) is 0 Å². The van der Waals surface area contributed by atoms with Gasteiger partial charge in [0.2, 0.25) is 0 Å². The van der Waals surface area contributed by atoms with E-state index in [-0.39, 0.29) is 4.75 Å². The van der Waals surface area contributed by atoms with Crippen molar-refractivity contribution >= 4 is 45.7 Å². The molecule has 0 saturated carbocycles. The summed E-state index contributed by atoms with van der Waals surface area (Å²) in [5.41, 5.74) is 0.756. The van der Waals surface area contributed by atoms with Gasteiger partial charge in [0.05, 0.1) is 11.9 Å². The van der Waals surface area contributed by atoms with Crippen LogP contribution < -0.4 is 0 Å². The number of hydrogen-bond acceptors (Lipinski definition) is 4. The number of pyridine rings is 1. The summed E-state index contributed by atoms with van der Waals surface area (Å²) in [6.45, 7) is 6.32. The zero-order valence-corrected chi connectivity index (χ0v) is 13.4. The van der Waals surface area contributed by atoms with Gasteiger partial charge in [-0.1, -0.05) is 27.5 Å². The van der Waals surface area contributed by atoms with Gasteiger partial charge in [-0.2, -0.15) is 0 Å². The third kappa shape index (κ3) is 8.60. The average molecular weight is 340 g/mol. The van der Waals surface area contributed by atoms with Crippen molar-refractivity contribution < 1.29 is 5.11 Å². The first-order valence-corrected chi connectivity index (χ1v) is 6.81. The van der Waals surface area contributed by atoms with E-state index in [2.05, 4.69) is 46.1 Å². The van der Waals surface area contributed by atoms with Gasteiger partial charge in [0.1, 0.15) is 5.15 Å². The maximum absolute atomic E-state index is 7.00. The van der Waals surface area contributed by atoms with E-state index in [1.807, 2.05) is 6.07 Å². The van der Waals surface area contributed by atoms with Gasteiger partial charge in [-0.15, -0.1) is 0 Å². The molecule has 17 heavy (non-hydrogen) atoms. The molecule has 0 fully saturated rings. The van der Waals surface area contributed by atoms with Gasteiger partial charge in [-0.3, -0.25) is 0 Å². The molecular weight excluding hydrogens is 324 g/mol. The third-order valence-electron chi connectivity index (χ3n) is 1.29. The van der Waals surface area contributed by atoms with Crippen molar-refractivity contribution in [1.82, 2.24) is 4.98 Å². The van der Waals surface area contributed by atoms with Gasteiger partial charge in [0.15, 0.2) is 0 Å². The maximum atomic E-state index is 7.00. The van der Waals surface area contributed by atoms with Gasteiger partial charge in [-0.25, -0.2) is 9.38 Å². The van der Waals surface area contributed by atoms with E-state index in [1.165, 1.54) is 11.9 Å². The molecule has 0 atom stereocenters. The highest BCUT2D eigenvalue weighted by Gasteiger charge is 2.09. The van der Waals surface area contributed by atoms with Crippen LogP contribution in [0.25, 0.3) is 0 Å². The van der Waals surface area contributed by atoms with Gasteiger partial charge in [0.25, 0.3) is 0 Å². The zero-order chi connectivity index (χ0) is 13.5. The molecule has 0 amide bonds. The Morgan fingerprint density at radius 2 is 2.00 bits per heavy atom. The SMILES string of the molecule is CC(C)(C)S/N=C/c1cc(Br)cc(Cl)n1.CO. The maximum Gasteiger partial charge on any atom is 0.130 e. The second kappa shape index (κ2) is 8.08. The Labute approximate surface area is 120 Å². The molecule has 1 aromatic heterocycles. The smallest absolute Gasteiger partial charge is 0.130 e. The average Bonchev–Trinajstić information content (AvgIpc) is 2.17. The molecule has 1 heterocycles. The molecular formula is C11H16BrClN2OS. The Morgan fingerprint density at radius 3 is 2.47 bits per heavy atom.